The second-order valence-electron chi connectivity index (χ2n) is 12.2. The molecule has 10 heteroatoms. The molecule has 3 aromatic carbocycles. The van der Waals surface area contributed by atoms with Gasteiger partial charge < -0.3 is 29.8 Å². The summed E-state index contributed by atoms with van der Waals surface area (Å²) in [5.74, 6) is -0.682. The summed E-state index contributed by atoms with van der Waals surface area (Å²) in [7, 11) is -2.79. The zero-order chi connectivity index (χ0) is 30.5. The number of carbonyl (C=O) groups is 2. The van der Waals surface area contributed by atoms with Gasteiger partial charge in [0.1, 0.15) is 0 Å². The number of benzene rings is 3. The van der Waals surface area contributed by atoms with Crippen molar-refractivity contribution < 1.29 is 24.2 Å². The number of H-pyrrole nitrogens is 1. The molecule has 6 rings (SSSR count). The van der Waals surface area contributed by atoms with E-state index >= 15 is 0 Å². The Morgan fingerprint density at radius 1 is 1.14 bits per heavy atom. The summed E-state index contributed by atoms with van der Waals surface area (Å²) in [5, 5.41) is 14.3. The molecule has 4 N–H and O–H groups in total. The predicted molar refractivity (Wildman–Crippen MR) is 171 cm³/mol. The van der Waals surface area contributed by atoms with Crippen molar-refractivity contribution in [2.45, 2.75) is 56.7 Å². The zero-order valence-corrected chi connectivity index (χ0v) is 26.2. The fourth-order valence-electron chi connectivity index (χ4n) is 7.19. The van der Waals surface area contributed by atoms with Crippen LogP contribution in [-0.4, -0.2) is 47.7 Å². The first-order chi connectivity index (χ1) is 20.5. The highest BCUT2D eigenvalue weighted by atomic mass is 35.5. The molecule has 2 aliphatic rings. The van der Waals surface area contributed by atoms with Crippen LogP contribution in [0.15, 0.2) is 72.9 Å². The Balaban J connectivity index is 1.27. The van der Waals surface area contributed by atoms with Gasteiger partial charge in [-0.1, -0.05) is 48.9 Å². The van der Waals surface area contributed by atoms with Crippen LogP contribution in [0.4, 0.5) is 11.4 Å². The number of aliphatic hydroxyl groups excluding tert-OH is 1. The Morgan fingerprint density at radius 3 is 2.70 bits per heavy atom. The monoisotopic (exact) mass is 617 g/mol. The maximum Gasteiger partial charge on any atom is 0.264 e. The van der Waals surface area contributed by atoms with Gasteiger partial charge in [0.2, 0.25) is 5.91 Å². The van der Waals surface area contributed by atoms with Gasteiger partial charge in [0.15, 0.2) is 13.9 Å². The number of aromatic amines is 1. The number of amides is 2. The highest BCUT2D eigenvalue weighted by Gasteiger charge is 2.66. The lowest BCUT2D eigenvalue weighted by Gasteiger charge is -2.32. The van der Waals surface area contributed by atoms with Crippen molar-refractivity contribution in [3.63, 3.8) is 0 Å². The number of rotatable bonds is 8. The first-order valence-corrected chi connectivity index (χ1v) is 18.0. The number of ether oxygens (including phenoxy) is 1. The molecule has 4 aromatic rings. The summed E-state index contributed by atoms with van der Waals surface area (Å²) in [6.07, 6.45) is 1.96. The molecule has 0 aliphatic carbocycles. The van der Waals surface area contributed by atoms with Gasteiger partial charge in [-0.25, -0.2) is 0 Å². The Kier molecular flexibility index (Phi) is 7.72. The summed E-state index contributed by atoms with van der Waals surface area (Å²) in [6.45, 7) is 5.83. The quantitative estimate of drug-likeness (QED) is 0.189. The molecule has 0 unspecified atom stereocenters. The Bertz CT molecular complexity index is 1700. The summed E-state index contributed by atoms with van der Waals surface area (Å²) >= 11 is 6.46. The highest BCUT2D eigenvalue weighted by molar-refractivity contribution is 6.71. The van der Waals surface area contributed by atoms with Gasteiger partial charge in [0.25, 0.3) is 5.91 Å². The van der Waals surface area contributed by atoms with E-state index in [1.54, 1.807) is 17.0 Å². The molecule has 224 valence electrons. The van der Waals surface area contributed by atoms with Crippen LogP contribution < -0.4 is 10.2 Å². The van der Waals surface area contributed by atoms with Gasteiger partial charge in [-0.3, -0.25) is 9.59 Å². The number of carbonyl (C=O) groups excluding carboxylic acids is 2. The van der Waals surface area contributed by atoms with Crippen LogP contribution in [-0.2, 0) is 32.9 Å². The lowest BCUT2D eigenvalue weighted by atomic mass is 9.82. The maximum atomic E-state index is 14.4. The Morgan fingerprint density at radius 2 is 1.93 bits per heavy atom. The standard InChI is InChI=1S/C33H36ClN3O5Si/c1-20-31(43(2,3)41)29(13-14-38)42-33(20)26-17-23(34)11-12-28(26)37(32(33)40)19-21-7-6-8-24(15-21)36-30(39)16-22-18-35-27-10-5-4-9-25(22)27/h4-12,15,17-18,20,29,31,35,38,41H,13-14,16,19H2,1-3H3,(H,36,39)/t20-,29+,31-,33+/m0/s1. The fourth-order valence-corrected chi connectivity index (χ4v) is 9.96. The number of anilines is 2. The van der Waals surface area contributed by atoms with Crippen molar-refractivity contribution in [2.75, 3.05) is 16.8 Å². The molecule has 0 radical (unpaired) electrons. The minimum absolute atomic E-state index is 0.104. The second-order valence-corrected chi connectivity index (χ2v) is 16.6. The zero-order valence-electron chi connectivity index (χ0n) is 24.4. The molecule has 2 amide bonds. The molecule has 1 saturated heterocycles. The molecule has 43 heavy (non-hydrogen) atoms. The number of aromatic nitrogens is 1. The minimum Gasteiger partial charge on any atom is -0.432 e. The van der Waals surface area contributed by atoms with E-state index < -0.39 is 20.0 Å². The number of fused-ring (bicyclic) bond motifs is 3. The summed E-state index contributed by atoms with van der Waals surface area (Å²) in [5.41, 5.74) is 3.20. The maximum absolute atomic E-state index is 14.4. The van der Waals surface area contributed by atoms with Crippen molar-refractivity contribution >= 4 is 54.0 Å². The molecule has 2 aliphatic heterocycles. The SMILES string of the molecule is C[C@H]1[C@H]([Si](C)(C)O)[C@@H](CCO)O[C@]12C(=O)N(Cc1cccc(NC(=O)Cc3c[nH]c4ccccc34)c1)c1ccc(Cl)cc12. The molecule has 1 fully saturated rings. The molecular weight excluding hydrogens is 582 g/mol. The number of aliphatic hydroxyl groups is 1. The summed E-state index contributed by atoms with van der Waals surface area (Å²) < 4.78 is 6.63. The molecule has 1 spiro atoms. The van der Waals surface area contributed by atoms with Crippen LogP contribution in [0.2, 0.25) is 23.7 Å². The van der Waals surface area contributed by atoms with Crippen LogP contribution in [0.25, 0.3) is 10.9 Å². The van der Waals surface area contributed by atoms with Crippen molar-refractivity contribution in [1.29, 1.82) is 0 Å². The largest absolute Gasteiger partial charge is 0.432 e. The first kappa shape index (κ1) is 29.6. The minimum atomic E-state index is -2.79. The lowest BCUT2D eigenvalue weighted by molar-refractivity contribution is -0.146. The third-order valence-electron chi connectivity index (χ3n) is 8.94. The smallest absolute Gasteiger partial charge is 0.264 e. The predicted octanol–water partition coefficient (Wildman–Crippen LogP) is 5.73. The van der Waals surface area contributed by atoms with Gasteiger partial charge in [0, 0.05) is 51.4 Å². The topological polar surface area (TPSA) is 115 Å². The van der Waals surface area contributed by atoms with Crippen LogP contribution in [0, 0.1) is 5.92 Å². The van der Waals surface area contributed by atoms with E-state index in [1.807, 2.05) is 80.8 Å². The van der Waals surface area contributed by atoms with Crippen LogP contribution in [0.1, 0.15) is 30.0 Å². The Hall–Kier alpha value is -3.47. The number of para-hydroxylation sites is 1. The van der Waals surface area contributed by atoms with Crippen LogP contribution >= 0.6 is 11.6 Å². The average molecular weight is 618 g/mol. The number of nitrogens with zero attached hydrogens (tertiary/aromatic N) is 1. The number of hydrogen-bond acceptors (Lipinski definition) is 5. The van der Waals surface area contributed by atoms with Gasteiger partial charge in [-0.2, -0.15) is 0 Å². The summed E-state index contributed by atoms with van der Waals surface area (Å²) in [4.78, 5) is 43.6. The van der Waals surface area contributed by atoms with E-state index in [9.17, 15) is 19.5 Å². The van der Waals surface area contributed by atoms with E-state index in [0.717, 1.165) is 22.0 Å². The van der Waals surface area contributed by atoms with E-state index in [1.165, 1.54) is 0 Å². The van der Waals surface area contributed by atoms with Gasteiger partial charge >= 0.3 is 0 Å². The molecule has 1 aromatic heterocycles. The third-order valence-corrected chi connectivity index (χ3v) is 11.7. The van der Waals surface area contributed by atoms with Crippen LogP contribution in [0.5, 0.6) is 0 Å². The lowest BCUT2D eigenvalue weighted by Crippen LogP contribution is -2.46. The van der Waals surface area contributed by atoms with Gasteiger partial charge in [-0.05, 0) is 67.0 Å². The normalized spacial score (nSPS) is 23.3. The van der Waals surface area contributed by atoms with Crippen molar-refractivity contribution in [2.24, 2.45) is 5.92 Å². The van der Waals surface area contributed by atoms with Crippen LogP contribution in [0.3, 0.4) is 0 Å². The van der Waals surface area contributed by atoms with E-state index in [-0.39, 0.29) is 42.8 Å². The van der Waals surface area contributed by atoms with Crippen molar-refractivity contribution in [3.05, 3.63) is 94.6 Å². The van der Waals surface area contributed by atoms with E-state index in [4.69, 9.17) is 16.3 Å². The molecule has 4 atom stereocenters. The van der Waals surface area contributed by atoms with Crippen molar-refractivity contribution in [1.82, 2.24) is 4.98 Å². The van der Waals surface area contributed by atoms with Gasteiger partial charge in [-0.15, -0.1) is 0 Å². The fraction of sp³-hybridized carbons (Fsp3) is 0.333. The Labute approximate surface area is 256 Å². The van der Waals surface area contributed by atoms with E-state index in [2.05, 4.69) is 10.3 Å². The van der Waals surface area contributed by atoms with Crippen molar-refractivity contribution in [3.8, 4) is 0 Å². The molecule has 0 bridgehead atoms. The summed E-state index contributed by atoms with van der Waals surface area (Å²) in [6, 6.07) is 20.7. The molecule has 0 saturated carbocycles. The van der Waals surface area contributed by atoms with E-state index in [0.29, 0.717) is 28.4 Å². The number of hydrogen-bond donors (Lipinski definition) is 4. The number of halogens is 1. The van der Waals surface area contributed by atoms with Gasteiger partial charge in [0.05, 0.1) is 24.8 Å². The molecule has 8 nitrogen and oxygen atoms in total. The number of nitrogens with one attached hydrogen (secondary N) is 2. The first-order valence-electron chi connectivity index (χ1n) is 14.6. The average Bonchev–Trinajstić information content (AvgIpc) is 3.56. The second kappa shape index (κ2) is 11.2. The molecular formula is C33H36ClN3O5Si. The molecule has 3 heterocycles. The highest BCUT2D eigenvalue weighted by Crippen LogP contribution is 2.60. The third kappa shape index (κ3) is 5.19.